The monoisotopic (exact) mass is 371 g/mol. The molecule has 0 radical (unpaired) electrons. The molecular formula is C14H31NO6P2. The van der Waals surface area contributed by atoms with Crippen LogP contribution < -0.4 is 0 Å². The molecule has 0 amide bonds. The van der Waals surface area contributed by atoms with Gasteiger partial charge in [-0.25, -0.2) is 9.13 Å². The second-order valence-electron chi connectivity index (χ2n) is 5.22. The molecule has 0 aromatic heterocycles. The molecule has 0 aromatic rings. The number of rotatable bonds is 11. The summed E-state index contributed by atoms with van der Waals surface area (Å²) in [4.78, 5) is 0. The molecule has 1 rings (SSSR count). The van der Waals surface area contributed by atoms with E-state index in [4.69, 9.17) is 18.1 Å². The lowest BCUT2D eigenvalue weighted by molar-refractivity contribution is 0.128. The summed E-state index contributed by atoms with van der Waals surface area (Å²) in [6.07, 6.45) is 4.63. The van der Waals surface area contributed by atoms with Gasteiger partial charge in [-0.2, -0.15) is 0 Å². The Balaban J connectivity index is 3.27. The van der Waals surface area contributed by atoms with E-state index in [2.05, 4.69) is 0 Å². The highest BCUT2D eigenvalue weighted by Gasteiger charge is 2.51. The van der Waals surface area contributed by atoms with Crippen molar-refractivity contribution in [3.63, 3.8) is 0 Å². The van der Waals surface area contributed by atoms with Gasteiger partial charge in [0, 0.05) is 6.04 Å². The molecule has 0 atom stereocenters. The molecule has 0 N–H and O–H groups in total. The first kappa shape index (κ1) is 21.3. The lowest BCUT2D eigenvalue weighted by Crippen LogP contribution is -2.34. The van der Waals surface area contributed by atoms with Crippen molar-refractivity contribution >= 4 is 15.5 Å². The molecule has 0 heterocycles. The second-order valence-corrected chi connectivity index (χ2v) is 9.30. The normalized spacial score (nSPS) is 17.8. The van der Waals surface area contributed by atoms with Gasteiger partial charge in [0.15, 0.2) is 0 Å². The van der Waals surface area contributed by atoms with Crippen LogP contribution in [-0.2, 0) is 27.2 Å². The summed E-state index contributed by atoms with van der Waals surface area (Å²) in [6, 6.07) is -0.198. The lowest BCUT2D eigenvalue weighted by atomic mass is 9.96. The molecule has 0 aliphatic heterocycles. The smallest absolute Gasteiger partial charge is 0.297 e. The van der Waals surface area contributed by atoms with Gasteiger partial charge in [0.1, 0.15) is 0 Å². The molecule has 0 aromatic carbocycles. The first-order valence-corrected chi connectivity index (χ1v) is 11.5. The number of hydrogen-bond donors (Lipinski definition) is 0. The predicted octanol–water partition coefficient (Wildman–Crippen LogP) is 4.98. The highest BCUT2D eigenvalue weighted by atomic mass is 31.3. The molecule has 7 nitrogen and oxygen atoms in total. The molecule has 1 fully saturated rings. The molecule has 0 bridgehead atoms. The van der Waals surface area contributed by atoms with Crippen LogP contribution in [0.25, 0.3) is 0 Å². The summed E-state index contributed by atoms with van der Waals surface area (Å²) in [6.45, 7) is 7.71. The van der Waals surface area contributed by atoms with Crippen LogP contribution in [0.3, 0.4) is 0 Å². The first-order chi connectivity index (χ1) is 11.0. The van der Waals surface area contributed by atoms with Crippen molar-refractivity contribution in [2.45, 2.75) is 65.8 Å². The zero-order chi connectivity index (χ0) is 17.3. The van der Waals surface area contributed by atoms with Crippen molar-refractivity contribution in [3.8, 4) is 0 Å². The Bertz CT molecular complexity index is 377. The van der Waals surface area contributed by atoms with Crippen molar-refractivity contribution in [2.24, 2.45) is 0 Å². The SMILES string of the molecule is CCOP(=O)(OCC)N(C1CCCCC1)P(=O)(OCC)OCC. The minimum atomic E-state index is -3.76. The van der Waals surface area contributed by atoms with Crippen molar-refractivity contribution < 1.29 is 27.2 Å². The molecule has 23 heavy (non-hydrogen) atoms. The highest BCUT2D eigenvalue weighted by molar-refractivity contribution is 7.67. The van der Waals surface area contributed by atoms with E-state index in [9.17, 15) is 9.13 Å². The maximum absolute atomic E-state index is 13.4. The van der Waals surface area contributed by atoms with Gasteiger partial charge in [-0.05, 0) is 40.5 Å². The molecule has 1 aliphatic carbocycles. The van der Waals surface area contributed by atoms with Crippen LogP contribution in [-0.4, -0.2) is 36.9 Å². The molecule has 0 spiro atoms. The summed E-state index contributed by atoms with van der Waals surface area (Å²) < 4.78 is 49.8. The zero-order valence-corrected chi connectivity index (χ0v) is 16.5. The van der Waals surface area contributed by atoms with Crippen LogP contribution in [0.4, 0.5) is 0 Å². The minimum absolute atomic E-state index is 0.193. The third-order valence-electron chi connectivity index (χ3n) is 3.57. The molecular weight excluding hydrogens is 340 g/mol. The Morgan fingerprint density at radius 3 is 1.39 bits per heavy atom. The Kier molecular flexibility index (Phi) is 9.54. The number of hydrogen-bond acceptors (Lipinski definition) is 6. The van der Waals surface area contributed by atoms with E-state index in [1.54, 1.807) is 27.7 Å². The second kappa shape index (κ2) is 10.3. The van der Waals surface area contributed by atoms with E-state index in [-0.39, 0.29) is 32.5 Å². The topological polar surface area (TPSA) is 74.3 Å². The minimum Gasteiger partial charge on any atom is -0.297 e. The zero-order valence-electron chi connectivity index (χ0n) is 14.7. The summed E-state index contributed by atoms with van der Waals surface area (Å²) in [5.41, 5.74) is 0. The quantitative estimate of drug-likeness (QED) is 0.474. The van der Waals surface area contributed by atoms with Gasteiger partial charge in [-0.1, -0.05) is 19.3 Å². The van der Waals surface area contributed by atoms with Crippen LogP contribution >= 0.6 is 15.5 Å². The van der Waals surface area contributed by atoms with Gasteiger partial charge in [-0.15, -0.1) is 4.44 Å². The van der Waals surface area contributed by atoms with Crippen molar-refractivity contribution in [2.75, 3.05) is 26.4 Å². The maximum Gasteiger partial charge on any atom is 0.417 e. The third-order valence-corrected chi connectivity index (χ3v) is 8.88. The van der Waals surface area contributed by atoms with Crippen LogP contribution in [0.2, 0.25) is 0 Å². The Labute approximate surface area is 140 Å². The van der Waals surface area contributed by atoms with E-state index in [0.29, 0.717) is 0 Å². The van der Waals surface area contributed by atoms with Crippen molar-refractivity contribution in [1.82, 2.24) is 4.44 Å². The van der Waals surface area contributed by atoms with Gasteiger partial charge < -0.3 is 0 Å². The van der Waals surface area contributed by atoms with E-state index in [1.807, 2.05) is 0 Å². The fourth-order valence-electron chi connectivity index (χ4n) is 2.81. The molecule has 138 valence electrons. The van der Waals surface area contributed by atoms with E-state index in [1.165, 1.54) is 4.44 Å². The number of nitrogens with zero attached hydrogens (tertiary/aromatic N) is 1. The van der Waals surface area contributed by atoms with Gasteiger partial charge in [0.25, 0.3) is 0 Å². The lowest BCUT2D eigenvalue weighted by Gasteiger charge is -2.40. The standard InChI is InChI=1S/C14H31NO6P2/c1-5-18-22(16,19-6-2)15(14-12-10-9-11-13-14)23(17,20-7-3)21-8-4/h14H,5-13H2,1-4H3. The summed E-state index contributed by atoms with van der Waals surface area (Å²) in [7, 11) is -7.52. The average Bonchev–Trinajstić information content (AvgIpc) is 2.49. The van der Waals surface area contributed by atoms with Crippen molar-refractivity contribution in [1.29, 1.82) is 0 Å². The highest BCUT2D eigenvalue weighted by Crippen LogP contribution is 2.70. The predicted molar refractivity (Wildman–Crippen MR) is 90.4 cm³/mol. The van der Waals surface area contributed by atoms with E-state index in [0.717, 1.165) is 32.1 Å². The maximum atomic E-state index is 13.4. The van der Waals surface area contributed by atoms with Gasteiger partial charge >= 0.3 is 15.5 Å². The Morgan fingerprint density at radius 2 is 1.09 bits per heavy atom. The van der Waals surface area contributed by atoms with Crippen LogP contribution in [0, 0.1) is 0 Å². The fourth-order valence-corrected chi connectivity index (χ4v) is 7.69. The molecule has 1 aliphatic rings. The first-order valence-electron chi connectivity index (χ1n) is 8.55. The molecule has 0 unspecified atom stereocenters. The Hall–Kier alpha value is 0.260. The largest absolute Gasteiger partial charge is 0.417 e. The molecule has 1 saturated carbocycles. The molecule has 0 saturated heterocycles. The third kappa shape index (κ3) is 5.64. The summed E-state index contributed by atoms with van der Waals surface area (Å²) >= 11 is 0. The van der Waals surface area contributed by atoms with E-state index < -0.39 is 15.5 Å². The fraction of sp³-hybridized carbons (Fsp3) is 1.00. The summed E-state index contributed by atoms with van der Waals surface area (Å²) in [5.74, 6) is 0. The van der Waals surface area contributed by atoms with Gasteiger partial charge in [0.05, 0.1) is 26.4 Å². The van der Waals surface area contributed by atoms with Gasteiger partial charge in [-0.3, -0.25) is 18.1 Å². The summed E-state index contributed by atoms with van der Waals surface area (Å²) in [5, 5.41) is 0. The molecule has 9 heteroatoms. The van der Waals surface area contributed by atoms with Crippen LogP contribution in [0.1, 0.15) is 59.8 Å². The van der Waals surface area contributed by atoms with E-state index >= 15 is 0 Å². The average molecular weight is 371 g/mol. The van der Waals surface area contributed by atoms with Crippen LogP contribution in [0.15, 0.2) is 0 Å². The van der Waals surface area contributed by atoms with Crippen LogP contribution in [0.5, 0.6) is 0 Å². The Morgan fingerprint density at radius 1 is 0.739 bits per heavy atom. The van der Waals surface area contributed by atoms with Crippen molar-refractivity contribution in [3.05, 3.63) is 0 Å². The van der Waals surface area contributed by atoms with Gasteiger partial charge in [0.2, 0.25) is 0 Å².